The van der Waals surface area contributed by atoms with Crippen LogP contribution in [0.5, 0.6) is 0 Å². The number of imidazole rings is 1. The third kappa shape index (κ3) is 2.75. The van der Waals surface area contributed by atoms with Crippen molar-refractivity contribution in [3.63, 3.8) is 0 Å². The number of halogens is 2. The average molecular weight is 330 g/mol. The molecule has 1 atom stereocenters. The second kappa shape index (κ2) is 5.68. The molecule has 20 heavy (non-hydrogen) atoms. The first kappa shape index (κ1) is 14.4. The second-order valence-corrected chi connectivity index (χ2v) is 6.80. The summed E-state index contributed by atoms with van der Waals surface area (Å²) in [5.74, 6) is 0.633. The minimum atomic E-state index is 0.556. The van der Waals surface area contributed by atoms with Crippen LogP contribution in [0, 0.1) is 10.7 Å². The second-order valence-electron chi connectivity index (χ2n) is 5.59. The maximum atomic E-state index is 6.13. The molecule has 6 heteroatoms. The summed E-state index contributed by atoms with van der Waals surface area (Å²) in [4.78, 5) is 5.60. The van der Waals surface area contributed by atoms with Crippen LogP contribution in [0.3, 0.4) is 0 Å². The lowest BCUT2D eigenvalue weighted by atomic mass is 9.98. The van der Waals surface area contributed by atoms with Gasteiger partial charge in [0, 0.05) is 13.1 Å². The molecule has 108 valence electrons. The zero-order chi connectivity index (χ0) is 14.3. The van der Waals surface area contributed by atoms with Gasteiger partial charge in [-0.3, -0.25) is 0 Å². The first-order valence-corrected chi connectivity index (χ1v) is 7.97. The number of fused-ring (bicyclic) bond motifs is 1. The average Bonchev–Trinajstić information content (AvgIpc) is 2.67. The Kier molecular flexibility index (Phi) is 4.09. The van der Waals surface area contributed by atoms with Crippen LogP contribution in [-0.2, 0) is 6.54 Å². The van der Waals surface area contributed by atoms with Crippen molar-refractivity contribution in [3.05, 3.63) is 26.9 Å². The van der Waals surface area contributed by atoms with Crippen LogP contribution in [0.25, 0.3) is 11.0 Å². The number of nitrogens with one attached hydrogen (secondary N) is 1. The molecule has 1 aromatic heterocycles. The van der Waals surface area contributed by atoms with Crippen LogP contribution in [0.2, 0.25) is 10.0 Å². The number of benzene rings is 1. The van der Waals surface area contributed by atoms with E-state index in [-0.39, 0.29) is 0 Å². The van der Waals surface area contributed by atoms with E-state index >= 15 is 0 Å². The van der Waals surface area contributed by atoms with Crippen molar-refractivity contribution in [1.29, 1.82) is 0 Å². The van der Waals surface area contributed by atoms with Crippen molar-refractivity contribution in [3.8, 4) is 0 Å². The van der Waals surface area contributed by atoms with Crippen molar-refractivity contribution < 1.29 is 0 Å². The van der Waals surface area contributed by atoms with E-state index in [4.69, 9.17) is 35.4 Å². The summed E-state index contributed by atoms with van der Waals surface area (Å²) in [6, 6.07) is 3.75. The van der Waals surface area contributed by atoms with E-state index < -0.39 is 0 Å². The molecular formula is C14H17Cl2N3S. The van der Waals surface area contributed by atoms with Crippen LogP contribution in [0.4, 0.5) is 0 Å². The molecule has 1 fully saturated rings. The van der Waals surface area contributed by atoms with Crippen molar-refractivity contribution in [2.75, 3.05) is 20.1 Å². The molecular weight excluding hydrogens is 313 g/mol. The highest BCUT2D eigenvalue weighted by Crippen LogP contribution is 2.28. The molecule has 0 radical (unpaired) electrons. The maximum Gasteiger partial charge on any atom is 0.178 e. The normalized spacial score (nSPS) is 20.6. The molecule has 2 heterocycles. The van der Waals surface area contributed by atoms with E-state index in [1.807, 2.05) is 12.1 Å². The van der Waals surface area contributed by atoms with Crippen LogP contribution in [0.15, 0.2) is 12.1 Å². The lowest BCUT2D eigenvalue weighted by Crippen LogP contribution is -2.34. The summed E-state index contributed by atoms with van der Waals surface area (Å²) in [6.45, 7) is 3.24. The monoisotopic (exact) mass is 329 g/mol. The fourth-order valence-corrected chi connectivity index (χ4v) is 3.62. The predicted octanol–water partition coefficient (Wildman–Crippen LogP) is 4.35. The molecule has 1 aliphatic rings. The number of H-pyrrole nitrogens is 1. The molecule has 3 rings (SSSR count). The Morgan fingerprint density at radius 1 is 1.35 bits per heavy atom. The van der Waals surface area contributed by atoms with Crippen molar-refractivity contribution in [2.45, 2.75) is 19.4 Å². The van der Waals surface area contributed by atoms with Crippen molar-refractivity contribution >= 4 is 46.5 Å². The largest absolute Gasteiger partial charge is 0.331 e. The highest BCUT2D eigenvalue weighted by molar-refractivity contribution is 7.71. The van der Waals surface area contributed by atoms with E-state index in [1.165, 1.54) is 19.4 Å². The van der Waals surface area contributed by atoms with Gasteiger partial charge < -0.3 is 14.5 Å². The van der Waals surface area contributed by atoms with E-state index in [0.29, 0.717) is 16.0 Å². The zero-order valence-corrected chi connectivity index (χ0v) is 13.7. The summed E-state index contributed by atoms with van der Waals surface area (Å²) >= 11 is 17.6. The highest BCUT2D eigenvalue weighted by Gasteiger charge is 2.19. The quantitative estimate of drug-likeness (QED) is 0.828. The summed E-state index contributed by atoms with van der Waals surface area (Å²) < 4.78 is 2.89. The van der Waals surface area contributed by atoms with Gasteiger partial charge in [-0.2, -0.15) is 0 Å². The molecule has 1 N–H and O–H groups in total. The fourth-order valence-electron chi connectivity index (χ4n) is 3.01. The van der Waals surface area contributed by atoms with Gasteiger partial charge in [0.25, 0.3) is 0 Å². The minimum Gasteiger partial charge on any atom is -0.331 e. The van der Waals surface area contributed by atoms with E-state index in [9.17, 15) is 0 Å². The van der Waals surface area contributed by atoms with Crippen molar-refractivity contribution in [2.24, 2.45) is 5.92 Å². The van der Waals surface area contributed by atoms with Crippen LogP contribution < -0.4 is 0 Å². The van der Waals surface area contributed by atoms with Gasteiger partial charge in [0.2, 0.25) is 0 Å². The van der Waals surface area contributed by atoms with Crippen molar-refractivity contribution in [1.82, 2.24) is 14.5 Å². The SMILES string of the molecule is CN1CCCC(Cn2c(=S)[nH]c3cc(Cl)c(Cl)cc32)C1. The van der Waals surface area contributed by atoms with E-state index in [2.05, 4.69) is 21.5 Å². The number of aromatic nitrogens is 2. The van der Waals surface area contributed by atoms with Gasteiger partial charge in [-0.25, -0.2) is 0 Å². The lowest BCUT2D eigenvalue weighted by Gasteiger charge is -2.29. The Morgan fingerprint density at radius 3 is 2.85 bits per heavy atom. The topological polar surface area (TPSA) is 24.0 Å². The van der Waals surface area contributed by atoms with Crippen LogP contribution in [-0.4, -0.2) is 34.6 Å². The third-order valence-electron chi connectivity index (χ3n) is 3.98. The Morgan fingerprint density at radius 2 is 2.10 bits per heavy atom. The Balaban J connectivity index is 1.96. The van der Waals surface area contributed by atoms with Gasteiger partial charge in [0.1, 0.15) is 0 Å². The summed E-state index contributed by atoms with van der Waals surface area (Å²) in [5.41, 5.74) is 1.99. The van der Waals surface area contributed by atoms with Gasteiger partial charge in [-0.1, -0.05) is 23.2 Å². The number of nitrogens with zero attached hydrogens (tertiary/aromatic N) is 2. The minimum absolute atomic E-state index is 0.556. The Labute approximate surface area is 133 Å². The maximum absolute atomic E-state index is 6.13. The van der Waals surface area contributed by atoms with Gasteiger partial charge in [-0.05, 0) is 56.7 Å². The number of hydrogen-bond acceptors (Lipinski definition) is 2. The van der Waals surface area contributed by atoms with E-state index in [1.54, 1.807) is 0 Å². The molecule has 3 nitrogen and oxygen atoms in total. The third-order valence-corrected chi connectivity index (χ3v) is 5.02. The summed E-state index contributed by atoms with van der Waals surface area (Å²) in [5, 5.41) is 1.13. The van der Waals surface area contributed by atoms with Gasteiger partial charge in [-0.15, -0.1) is 0 Å². The van der Waals surface area contributed by atoms with E-state index in [0.717, 1.165) is 28.9 Å². The van der Waals surface area contributed by atoms with Gasteiger partial charge in [0.05, 0.1) is 21.1 Å². The highest BCUT2D eigenvalue weighted by atomic mass is 35.5. The number of piperidine rings is 1. The number of likely N-dealkylation sites (tertiary alicyclic amines) is 1. The molecule has 0 bridgehead atoms. The molecule has 0 aliphatic carbocycles. The van der Waals surface area contributed by atoms with Gasteiger partial charge >= 0.3 is 0 Å². The molecule has 1 aromatic carbocycles. The number of rotatable bonds is 2. The lowest BCUT2D eigenvalue weighted by molar-refractivity contribution is 0.195. The predicted molar refractivity (Wildman–Crippen MR) is 87.4 cm³/mol. The first-order chi connectivity index (χ1) is 9.54. The molecule has 1 saturated heterocycles. The number of aromatic amines is 1. The Bertz CT molecular complexity index is 692. The zero-order valence-electron chi connectivity index (χ0n) is 11.3. The number of hydrogen-bond donors (Lipinski definition) is 1. The van der Waals surface area contributed by atoms with Crippen LogP contribution >= 0.6 is 35.4 Å². The standard InChI is InChI=1S/C14H17Cl2N3S/c1-18-4-2-3-9(7-18)8-19-13-6-11(16)10(15)5-12(13)17-14(19)20/h5-6,9H,2-4,7-8H2,1H3,(H,17,20). The summed E-state index contributed by atoms with van der Waals surface area (Å²) in [6.07, 6.45) is 2.50. The van der Waals surface area contributed by atoms with Gasteiger partial charge in [0.15, 0.2) is 4.77 Å². The fraction of sp³-hybridized carbons (Fsp3) is 0.500. The molecule has 0 saturated carbocycles. The Hall–Kier alpha value is -0.550. The molecule has 0 spiro atoms. The molecule has 1 aliphatic heterocycles. The van der Waals surface area contributed by atoms with Crippen LogP contribution in [0.1, 0.15) is 12.8 Å². The molecule has 2 aromatic rings. The molecule has 1 unspecified atom stereocenters. The summed E-state index contributed by atoms with van der Waals surface area (Å²) in [7, 11) is 2.18. The molecule has 0 amide bonds. The first-order valence-electron chi connectivity index (χ1n) is 6.80. The smallest absolute Gasteiger partial charge is 0.178 e.